The second kappa shape index (κ2) is 7.33. The minimum Gasteiger partial charge on any atom is -0.320 e. The number of hydrogen-bond donors (Lipinski definition) is 2. The average Bonchev–Trinajstić information content (AvgIpc) is 2.29. The molecule has 102 valence electrons. The van der Waals surface area contributed by atoms with E-state index >= 15 is 0 Å². The first-order valence-electron chi connectivity index (χ1n) is 5.55. The highest BCUT2D eigenvalue weighted by molar-refractivity contribution is 9.10. The first-order valence-corrected chi connectivity index (χ1v) is 8.37. The van der Waals surface area contributed by atoms with Gasteiger partial charge >= 0.3 is 0 Å². The summed E-state index contributed by atoms with van der Waals surface area (Å²) in [6.07, 6.45) is 1.46. The average molecular weight is 356 g/mol. The van der Waals surface area contributed by atoms with Gasteiger partial charge in [0.25, 0.3) is 0 Å². The van der Waals surface area contributed by atoms with Crippen LogP contribution in [-0.2, 0) is 10.0 Å². The van der Waals surface area contributed by atoms with Crippen molar-refractivity contribution in [2.45, 2.75) is 12.8 Å². The van der Waals surface area contributed by atoms with Gasteiger partial charge in [0.05, 0.1) is 10.8 Å². The molecule has 0 bridgehead atoms. The highest BCUT2D eigenvalue weighted by atomic mass is 79.9. The molecule has 0 saturated heterocycles. The molecule has 0 unspecified atom stereocenters. The Morgan fingerprint density at radius 1 is 1.33 bits per heavy atom. The molecule has 0 fully saturated rings. The van der Waals surface area contributed by atoms with Crippen LogP contribution in [0.1, 0.15) is 12.8 Å². The van der Waals surface area contributed by atoms with Gasteiger partial charge in [-0.05, 0) is 60.6 Å². The van der Waals surface area contributed by atoms with E-state index in [1.807, 2.05) is 7.05 Å². The van der Waals surface area contributed by atoms with Crippen molar-refractivity contribution in [2.75, 3.05) is 24.1 Å². The summed E-state index contributed by atoms with van der Waals surface area (Å²) in [5, 5.41) is 3.53. The van der Waals surface area contributed by atoms with Crippen LogP contribution in [0.15, 0.2) is 22.7 Å². The number of rotatable bonds is 7. The third kappa shape index (κ3) is 5.56. The van der Waals surface area contributed by atoms with Gasteiger partial charge in [-0.3, -0.25) is 4.72 Å². The maximum absolute atomic E-state index is 11.8. The maximum atomic E-state index is 11.8. The number of sulfonamides is 1. The van der Waals surface area contributed by atoms with Gasteiger partial charge in [0.15, 0.2) is 0 Å². The smallest absolute Gasteiger partial charge is 0.232 e. The Labute approximate surface area is 121 Å². The minimum absolute atomic E-state index is 0.120. The largest absolute Gasteiger partial charge is 0.320 e. The van der Waals surface area contributed by atoms with Crippen LogP contribution in [0.5, 0.6) is 0 Å². The van der Waals surface area contributed by atoms with Crippen LogP contribution in [0.2, 0.25) is 5.02 Å². The van der Waals surface area contributed by atoms with Gasteiger partial charge in [-0.1, -0.05) is 11.6 Å². The Hall–Kier alpha value is -0.300. The molecule has 1 aromatic rings. The van der Waals surface area contributed by atoms with Crippen LogP contribution >= 0.6 is 27.5 Å². The zero-order valence-corrected chi connectivity index (χ0v) is 13.2. The van der Waals surface area contributed by atoms with Gasteiger partial charge in [-0.2, -0.15) is 0 Å². The summed E-state index contributed by atoms with van der Waals surface area (Å²) >= 11 is 9.09. The van der Waals surface area contributed by atoms with E-state index in [2.05, 4.69) is 26.0 Å². The van der Waals surface area contributed by atoms with Crippen molar-refractivity contribution in [3.63, 3.8) is 0 Å². The van der Waals surface area contributed by atoms with Crippen molar-refractivity contribution in [1.29, 1.82) is 0 Å². The lowest BCUT2D eigenvalue weighted by Gasteiger charge is -2.08. The van der Waals surface area contributed by atoms with Crippen LogP contribution in [-0.4, -0.2) is 27.8 Å². The molecule has 0 aliphatic heterocycles. The molecule has 0 spiro atoms. The second-order valence-electron chi connectivity index (χ2n) is 3.86. The van der Waals surface area contributed by atoms with Crippen molar-refractivity contribution in [1.82, 2.24) is 5.32 Å². The van der Waals surface area contributed by atoms with Gasteiger partial charge in [-0.25, -0.2) is 8.42 Å². The fourth-order valence-corrected chi connectivity index (χ4v) is 3.05. The van der Waals surface area contributed by atoms with Crippen molar-refractivity contribution in [3.8, 4) is 0 Å². The lowest BCUT2D eigenvalue weighted by Crippen LogP contribution is -2.18. The number of anilines is 1. The summed E-state index contributed by atoms with van der Waals surface area (Å²) in [4.78, 5) is 0. The fraction of sp³-hybridized carbons (Fsp3) is 0.455. The standard InChI is InChI=1S/C11H16BrClN2O2S/c1-14-6-2-3-7-18(16,17)15-9-4-5-11(13)10(12)8-9/h4-5,8,14-15H,2-3,6-7H2,1H3. The van der Waals surface area contributed by atoms with Crippen molar-refractivity contribution < 1.29 is 8.42 Å². The lowest BCUT2D eigenvalue weighted by atomic mass is 10.3. The molecular weight excluding hydrogens is 340 g/mol. The summed E-state index contributed by atoms with van der Waals surface area (Å²) < 4.78 is 26.8. The van der Waals surface area contributed by atoms with E-state index in [1.54, 1.807) is 18.2 Å². The molecule has 7 heteroatoms. The maximum Gasteiger partial charge on any atom is 0.232 e. The van der Waals surface area contributed by atoms with Gasteiger partial charge < -0.3 is 5.32 Å². The molecule has 1 rings (SSSR count). The monoisotopic (exact) mass is 354 g/mol. The first kappa shape index (κ1) is 15.8. The topological polar surface area (TPSA) is 58.2 Å². The highest BCUT2D eigenvalue weighted by Crippen LogP contribution is 2.26. The molecule has 0 radical (unpaired) electrons. The van der Waals surface area contributed by atoms with Gasteiger partial charge in [-0.15, -0.1) is 0 Å². The van der Waals surface area contributed by atoms with Crippen LogP contribution in [0.25, 0.3) is 0 Å². The van der Waals surface area contributed by atoms with Crippen LogP contribution in [0, 0.1) is 0 Å². The summed E-state index contributed by atoms with van der Waals surface area (Å²) in [6.45, 7) is 0.821. The molecule has 0 aliphatic rings. The molecular formula is C11H16BrClN2O2S. The predicted molar refractivity (Wildman–Crippen MR) is 79.7 cm³/mol. The van der Waals surface area contributed by atoms with E-state index in [-0.39, 0.29) is 5.75 Å². The van der Waals surface area contributed by atoms with Gasteiger partial charge in [0.1, 0.15) is 0 Å². The van der Waals surface area contributed by atoms with E-state index in [0.29, 0.717) is 21.6 Å². The van der Waals surface area contributed by atoms with Gasteiger partial charge in [0.2, 0.25) is 10.0 Å². The SMILES string of the molecule is CNCCCCS(=O)(=O)Nc1ccc(Cl)c(Br)c1. The fourth-order valence-electron chi connectivity index (χ4n) is 1.38. The first-order chi connectivity index (χ1) is 8.44. The third-order valence-corrected chi connectivity index (χ3v) is 4.87. The van der Waals surface area contributed by atoms with E-state index < -0.39 is 10.0 Å². The number of halogens is 2. The Balaban J connectivity index is 2.56. The van der Waals surface area contributed by atoms with Crippen LogP contribution in [0.4, 0.5) is 5.69 Å². The number of hydrogen-bond acceptors (Lipinski definition) is 3. The van der Waals surface area contributed by atoms with Crippen LogP contribution in [0.3, 0.4) is 0 Å². The number of unbranched alkanes of at least 4 members (excludes halogenated alkanes) is 1. The van der Waals surface area contributed by atoms with Crippen LogP contribution < -0.4 is 10.0 Å². The molecule has 0 amide bonds. The van der Waals surface area contributed by atoms with E-state index in [9.17, 15) is 8.42 Å². The van der Waals surface area contributed by atoms with E-state index in [4.69, 9.17) is 11.6 Å². The summed E-state index contributed by atoms with van der Waals surface area (Å²) in [5.41, 5.74) is 0.514. The van der Waals surface area contributed by atoms with Crippen molar-refractivity contribution in [2.24, 2.45) is 0 Å². The predicted octanol–water partition coefficient (Wildman–Crippen LogP) is 2.84. The van der Waals surface area contributed by atoms with E-state index in [1.165, 1.54) is 0 Å². The van der Waals surface area contributed by atoms with Crippen molar-refractivity contribution >= 4 is 43.2 Å². The van der Waals surface area contributed by atoms with Gasteiger partial charge in [0, 0.05) is 10.2 Å². The molecule has 4 nitrogen and oxygen atoms in total. The second-order valence-corrected chi connectivity index (χ2v) is 6.96. The molecule has 0 atom stereocenters. The van der Waals surface area contributed by atoms with Crippen molar-refractivity contribution in [3.05, 3.63) is 27.7 Å². The minimum atomic E-state index is -3.29. The zero-order chi connectivity index (χ0) is 13.6. The molecule has 0 aromatic heterocycles. The highest BCUT2D eigenvalue weighted by Gasteiger charge is 2.10. The Morgan fingerprint density at radius 2 is 2.06 bits per heavy atom. The molecule has 0 aliphatic carbocycles. The molecule has 0 saturated carbocycles. The normalized spacial score (nSPS) is 11.5. The third-order valence-electron chi connectivity index (χ3n) is 2.28. The summed E-state index contributed by atoms with van der Waals surface area (Å²) in [5.74, 6) is 0.120. The molecule has 1 aromatic carbocycles. The Bertz CT molecular complexity index is 494. The summed E-state index contributed by atoms with van der Waals surface area (Å²) in [7, 11) is -1.44. The molecule has 18 heavy (non-hydrogen) atoms. The number of benzene rings is 1. The zero-order valence-electron chi connectivity index (χ0n) is 10.0. The quantitative estimate of drug-likeness (QED) is 0.739. The summed E-state index contributed by atoms with van der Waals surface area (Å²) in [6, 6.07) is 4.93. The Kier molecular flexibility index (Phi) is 6.42. The lowest BCUT2D eigenvalue weighted by molar-refractivity contribution is 0.595. The molecule has 0 heterocycles. The Morgan fingerprint density at radius 3 is 2.67 bits per heavy atom. The molecule has 2 N–H and O–H groups in total. The number of nitrogens with one attached hydrogen (secondary N) is 2. The van der Waals surface area contributed by atoms with E-state index in [0.717, 1.165) is 13.0 Å².